The summed E-state index contributed by atoms with van der Waals surface area (Å²) >= 11 is 0. The van der Waals surface area contributed by atoms with Gasteiger partial charge in [0.25, 0.3) is 0 Å². The Balaban J connectivity index is 5.14. The molecule has 0 aliphatic carbocycles. The largest absolute Gasteiger partial charge is 0.369 e. The zero-order valence-corrected chi connectivity index (χ0v) is 12.8. The predicted octanol–water partition coefficient (Wildman–Crippen LogP) is 2.24. The molecule has 0 aromatic carbocycles. The first-order chi connectivity index (χ1) is 8.72. The van der Waals surface area contributed by atoms with E-state index in [1.165, 1.54) is 0 Å². The summed E-state index contributed by atoms with van der Waals surface area (Å²) in [6.07, 6.45) is 4.93. The number of nitrogens with two attached hydrogens (primary N) is 1. The molecule has 4 nitrogen and oxygen atoms in total. The lowest BCUT2D eigenvalue weighted by atomic mass is 9.76. The van der Waals surface area contributed by atoms with Gasteiger partial charge in [0.15, 0.2) is 0 Å². The molecule has 0 bridgehead atoms. The second kappa shape index (κ2) is 7.97. The molecule has 4 heteroatoms. The second-order valence-electron chi connectivity index (χ2n) is 6.08. The van der Waals surface area contributed by atoms with E-state index < -0.39 is 11.8 Å². The Bertz CT molecular complexity index is 330. The fourth-order valence-electron chi connectivity index (χ4n) is 2.14. The molecule has 0 radical (unpaired) electrons. The van der Waals surface area contributed by atoms with E-state index in [0.29, 0.717) is 19.4 Å². The van der Waals surface area contributed by atoms with Crippen molar-refractivity contribution >= 4 is 11.8 Å². The van der Waals surface area contributed by atoms with Gasteiger partial charge in [-0.3, -0.25) is 9.59 Å². The summed E-state index contributed by atoms with van der Waals surface area (Å²) in [4.78, 5) is 23.8. The summed E-state index contributed by atoms with van der Waals surface area (Å²) in [7, 11) is 0. The Labute approximate surface area is 116 Å². The van der Waals surface area contributed by atoms with E-state index in [1.807, 2.05) is 26.0 Å². The van der Waals surface area contributed by atoms with Crippen LogP contribution >= 0.6 is 0 Å². The zero-order valence-electron chi connectivity index (χ0n) is 12.8. The van der Waals surface area contributed by atoms with Gasteiger partial charge in [0, 0.05) is 6.54 Å². The molecule has 0 aromatic heterocycles. The summed E-state index contributed by atoms with van der Waals surface area (Å²) in [6, 6.07) is 0. The number of hydrogen-bond acceptors (Lipinski definition) is 2. The van der Waals surface area contributed by atoms with Crippen LogP contribution in [0.5, 0.6) is 0 Å². The highest BCUT2D eigenvalue weighted by molar-refractivity contribution is 5.87. The monoisotopic (exact) mass is 268 g/mol. The number of amides is 2. The Morgan fingerprint density at radius 3 is 2.21 bits per heavy atom. The molecule has 3 N–H and O–H groups in total. The van der Waals surface area contributed by atoms with Crippen LogP contribution in [0.1, 0.15) is 47.5 Å². The normalized spacial score (nSPS) is 15.2. The van der Waals surface area contributed by atoms with E-state index in [1.54, 1.807) is 0 Å². The van der Waals surface area contributed by atoms with Crippen LogP contribution in [0.15, 0.2) is 12.2 Å². The highest BCUT2D eigenvalue weighted by Crippen LogP contribution is 2.31. The van der Waals surface area contributed by atoms with E-state index in [4.69, 9.17) is 5.73 Å². The van der Waals surface area contributed by atoms with Gasteiger partial charge in [-0.1, -0.05) is 32.9 Å². The van der Waals surface area contributed by atoms with Gasteiger partial charge >= 0.3 is 0 Å². The van der Waals surface area contributed by atoms with E-state index in [-0.39, 0.29) is 17.2 Å². The third kappa shape index (κ3) is 6.99. The number of nitrogens with one attached hydrogen (secondary N) is 1. The SMILES string of the molecule is C/C=C/CC(C(N)=O)[C@@H](CC(C)(C)C)C(=O)NCC. The quantitative estimate of drug-likeness (QED) is 0.695. The molecule has 0 aromatic rings. The molecule has 0 aliphatic rings. The third-order valence-corrected chi connectivity index (χ3v) is 3.00. The fraction of sp³-hybridized carbons (Fsp3) is 0.733. The van der Waals surface area contributed by atoms with Crippen molar-refractivity contribution in [3.8, 4) is 0 Å². The summed E-state index contributed by atoms with van der Waals surface area (Å²) in [6.45, 7) is 10.5. The molecule has 0 saturated carbocycles. The van der Waals surface area contributed by atoms with Crippen LogP contribution in [-0.4, -0.2) is 18.4 Å². The van der Waals surface area contributed by atoms with Gasteiger partial charge in [-0.2, -0.15) is 0 Å². The molecule has 0 spiro atoms. The third-order valence-electron chi connectivity index (χ3n) is 3.00. The van der Waals surface area contributed by atoms with E-state index >= 15 is 0 Å². The van der Waals surface area contributed by atoms with Crippen molar-refractivity contribution in [1.29, 1.82) is 0 Å². The van der Waals surface area contributed by atoms with Gasteiger partial charge in [0.1, 0.15) is 0 Å². The lowest BCUT2D eigenvalue weighted by molar-refractivity contribution is -0.134. The number of allylic oxidation sites excluding steroid dienone is 2. The van der Waals surface area contributed by atoms with Gasteiger partial charge < -0.3 is 11.1 Å². The number of rotatable bonds is 7. The second-order valence-corrected chi connectivity index (χ2v) is 6.08. The lowest BCUT2D eigenvalue weighted by Crippen LogP contribution is -2.41. The van der Waals surface area contributed by atoms with Crippen LogP contribution in [0.2, 0.25) is 0 Å². The molecule has 0 fully saturated rings. The minimum atomic E-state index is -0.443. The molecule has 2 amide bonds. The van der Waals surface area contributed by atoms with Crippen LogP contribution in [0.3, 0.4) is 0 Å². The Morgan fingerprint density at radius 1 is 1.26 bits per heavy atom. The molecular formula is C15H28N2O2. The van der Waals surface area contributed by atoms with E-state index in [0.717, 1.165) is 0 Å². The smallest absolute Gasteiger partial charge is 0.223 e. The number of carbonyl (C=O) groups is 2. The zero-order chi connectivity index (χ0) is 15.1. The van der Waals surface area contributed by atoms with Crippen LogP contribution in [0.25, 0.3) is 0 Å². The summed E-state index contributed by atoms with van der Waals surface area (Å²) in [5.41, 5.74) is 5.45. The first-order valence-electron chi connectivity index (χ1n) is 6.91. The summed E-state index contributed by atoms with van der Waals surface area (Å²) in [5.74, 6) is -1.29. The van der Waals surface area contributed by atoms with Crippen molar-refractivity contribution in [1.82, 2.24) is 5.32 Å². The number of carbonyl (C=O) groups excluding carboxylic acids is 2. The average molecular weight is 268 g/mol. The molecule has 0 aliphatic heterocycles. The Kier molecular flexibility index (Phi) is 7.42. The molecular weight excluding hydrogens is 240 g/mol. The fourth-order valence-corrected chi connectivity index (χ4v) is 2.14. The van der Waals surface area contributed by atoms with Gasteiger partial charge in [-0.15, -0.1) is 0 Å². The molecule has 2 atom stereocenters. The minimum Gasteiger partial charge on any atom is -0.369 e. The lowest BCUT2D eigenvalue weighted by Gasteiger charge is -2.29. The van der Waals surface area contributed by atoms with Crippen molar-refractivity contribution < 1.29 is 9.59 Å². The Morgan fingerprint density at radius 2 is 1.84 bits per heavy atom. The van der Waals surface area contributed by atoms with Crippen LogP contribution < -0.4 is 11.1 Å². The first kappa shape index (κ1) is 17.7. The van der Waals surface area contributed by atoms with E-state index in [2.05, 4.69) is 26.1 Å². The van der Waals surface area contributed by atoms with E-state index in [9.17, 15) is 9.59 Å². The van der Waals surface area contributed by atoms with Crippen LogP contribution in [0.4, 0.5) is 0 Å². The summed E-state index contributed by atoms with van der Waals surface area (Å²) in [5, 5.41) is 2.81. The molecule has 0 saturated heterocycles. The maximum absolute atomic E-state index is 12.2. The van der Waals surface area contributed by atoms with Crippen molar-refractivity contribution in [2.75, 3.05) is 6.54 Å². The Hall–Kier alpha value is -1.32. The first-order valence-corrected chi connectivity index (χ1v) is 6.91. The molecule has 19 heavy (non-hydrogen) atoms. The van der Waals surface area contributed by atoms with Crippen molar-refractivity contribution in [3.63, 3.8) is 0 Å². The van der Waals surface area contributed by atoms with Crippen molar-refractivity contribution in [2.45, 2.75) is 47.5 Å². The minimum absolute atomic E-state index is 0.0284. The van der Waals surface area contributed by atoms with Gasteiger partial charge in [0.2, 0.25) is 11.8 Å². The standard InChI is InChI=1S/C15H28N2O2/c1-6-8-9-11(13(16)18)12(10-15(3,4)5)14(19)17-7-2/h6,8,11-12H,7,9-10H2,1-5H3,(H2,16,18)(H,17,19)/b8-6+/t11?,12-/m1/s1. The maximum atomic E-state index is 12.2. The number of primary amides is 1. The molecule has 110 valence electrons. The highest BCUT2D eigenvalue weighted by Gasteiger charge is 2.34. The van der Waals surface area contributed by atoms with Crippen LogP contribution in [0, 0.1) is 17.3 Å². The highest BCUT2D eigenvalue weighted by atomic mass is 16.2. The molecule has 0 rings (SSSR count). The van der Waals surface area contributed by atoms with Gasteiger partial charge in [0.05, 0.1) is 11.8 Å². The average Bonchev–Trinajstić information content (AvgIpc) is 2.26. The molecule has 0 heterocycles. The predicted molar refractivity (Wildman–Crippen MR) is 78.4 cm³/mol. The number of hydrogen-bond donors (Lipinski definition) is 2. The van der Waals surface area contributed by atoms with Crippen molar-refractivity contribution in [3.05, 3.63) is 12.2 Å². The van der Waals surface area contributed by atoms with Gasteiger partial charge in [-0.25, -0.2) is 0 Å². The van der Waals surface area contributed by atoms with Gasteiger partial charge in [-0.05, 0) is 32.1 Å². The van der Waals surface area contributed by atoms with Crippen LogP contribution in [-0.2, 0) is 9.59 Å². The van der Waals surface area contributed by atoms with Crippen molar-refractivity contribution in [2.24, 2.45) is 23.0 Å². The summed E-state index contributed by atoms with van der Waals surface area (Å²) < 4.78 is 0. The molecule has 1 unspecified atom stereocenters. The maximum Gasteiger partial charge on any atom is 0.223 e. The topological polar surface area (TPSA) is 72.2 Å².